The van der Waals surface area contributed by atoms with E-state index in [0.717, 1.165) is 40.7 Å². The lowest BCUT2D eigenvalue weighted by Gasteiger charge is -2.34. The van der Waals surface area contributed by atoms with Crippen LogP contribution in [0.15, 0.2) is 66.7 Å². The summed E-state index contributed by atoms with van der Waals surface area (Å²) >= 11 is 0. The zero-order chi connectivity index (χ0) is 28.7. The molecule has 2 atom stereocenters. The van der Waals surface area contributed by atoms with Gasteiger partial charge in [-0.3, -0.25) is 4.79 Å². The van der Waals surface area contributed by atoms with Crippen molar-refractivity contribution < 1.29 is 14.7 Å². The SMILES string of the molecule is CC(C)(C)NC(=O)N1CCc2c(-c3cccc(C(C)(C)O)c3)ccc(CNC(=O)[C@H]3C[C@@H]3c3ccccc3)c2C1. The van der Waals surface area contributed by atoms with Gasteiger partial charge in [-0.2, -0.15) is 0 Å². The quantitative estimate of drug-likeness (QED) is 0.367. The number of nitrogens with one attached hydrogen (secondary N) is 2. The number of nitrogens with zero attached hydrogens (tertiary/aromatic N) is 1. The molecule has 1 saturated carbocycles. The molecule has 210 valence electrons. The summed E-state index contributed by atoms with van der Waals surface area (Å²) in [6, 6.07) is 22.4. The second-order valence-corrected chi connectivity index (χ2v) is 12.8. The monoisotopic (exact) mass is 539 g/mol. The van der Waals surface area contributed by atoms with E-state index in [1.54, 1.807) is 13.8 Å². The molecule has 5 rings (SSSR count). The minimum atomic E-state index is -0.942. The molecule has 3 N–H and O–H groups in total. The van der Waals surface area contributed by atoms with E-state index in [1.165, 1.54) is 11.1 Å². The van der Waals surface area contributed by atoms with Crippen LogP contribution in [-0.4, -0.2) is 34.0 Å². The van der Waals surface area contributed by atoms with Crippen LogP contribution in [0.2, 0.25) is 0 Å². The van der Waals surface area contributed by atoms with E-state index in [9.17, 15) is 14.7 Å². The zero-order valence-corrected chi connectivity index (χ0v) is 24.3. The maximum atomic E-state index is 13.1. The number of aliphatic hydroxyl groups is 1. The van der Waals surface area contributed by atoms with E-state index in [1.807, 2.05) is 62.1 Å². The van der Waals surface area contributed by atoms with Gasteiger partial charge in [-0.15, -0.1) is 0 Å². The summed E-state index contributed by atoms with van der Waals surface area (Å²) in [4.78, 5) is 28.0. The van der Waals surface area contributed by atoms with Crippen molar-refractivity contribution in [2.75, 3.05) is 6.54 Å². The molecule has 1 fully saturated rings. The number of hydrogen-bond acceptors (Lipinski definition) is 3. The third-order valence-electron chi connectivity index (χ3n) is 7.97. The third-order valence-corrected chi connectivity index (χ3v) is 7.97. The van der Waals surface area contributed by atoms with Crippen LogP contribution in [0, 0.1) is 5.92 Å². The van der Waals surface area contributed by atoms with Gasteiger partial charge in [-0.1, -0.05) is 60.7 Å². The van der Waals surface area contributed by atoms with E-state index in [4.69, 9.17) is 0 Å². The molecule has 6 heteroatoms. The van der Waals surface area contributed by atoms with Gasteiger partial charge in [-0.25, -0.2) is 4.79 Å². The van der Waals surface area contributed by atoms with Crippen molar-refractivity contribution in [2.45, 2.75) is 77.6 Å². The van der Waals surface area contributed by atoms with Crippen molar-refractivity contribution in [3.05, 3.63) is 94.5 Å². The Hall–Kier alpha value is -3.64. The number of carbonyl (C=O) groups is 2. The lowest BCUT2D eigenvalue weighted by Crippen LogP contribution is -2.50. The van der Waals surface area contributed by atoms with Gasteiger partial charge in [0.25, 0.3) is 0 Å². The molecule has 0 radical (unpaired) electrons. The van der Waals surface area contributed by atoms with Gasteiger partial charge in [-0.05, 0) is 98.4 Å². The van der Waals surface area contributed by atoms with Crippen molar-refractivity contribution in [1.29, 1.82) is 0 Å². The fourth-order valence-electron chi connectivity index (χ4n) is 5.68. The standard InChI is InChI=1S/C34H41N3O3/c1-33(2,3)36-32(39)37-17-16-27-26(23-12-9-13-25(18-23)34(4,5)40)15-14-24(30(27)21-37)20-35-31(38)29-19-28(29)22-10-7-6-8-11-22/h6-15,18,28-29,40H,16-17,19-21H2,1-5H3,(H,35,38)(H,36,39)/t28-,29+/m1/s1. The minimum absolute atomic E-state index is 0.0103. The Kier molecular flexibility index (Phi) is 7.49. The highest BCUT2D eigenvalue weighted by Crippen LogP contribution is 2.47. The smallest absolute Gasteiger partial charge is 0.318 e. The number of benzene rings is 3. The summed E-state index contributed by atoms with van der Waals surface area (Å²) in [5.74, 6) is 0.385. The number of fused-ring (bicyclic) bond motifs is 1. The maximum absolute atomic E-state index is 13.1. The molecule has 2 aliphatic rings. The van der Waals surface area contributed by atoms with Gasteiger partial charge in [0, 0.05) is 31.1 Å². The summed E-state index contributed by atoms with van der Waals surface area (Å²) in [5.41, 5.74) is 6.30. The average Bonchev–Trinajstić information content (AvgIpc) is 3.72. The minimum Gasteiger partial charge on any atom is -0.386 e. The number of rotatable bonds is 6. The van der Waals surface area contributed by atoms with Crippen molar-refractivity contribution in [3.8, 4) is 11.1 Å². The molecule has 3 aromatic rings. The molecule has 40 heavy (non-hydrogen) atoms. The molecule has 1 aliphatic carbocycles. The van der Waals surface area contributed by atoms with Crippen LogP contribution in [-0.2, 0) is 29.9 Å². The van der Waals surface area contributed by atoms with Gasteiger partial charge in [0.2, 0.25) is 5.91 Å². The number of urea groups is 1. The molecule has 0 spiro atoms. The van der Waals surface area contributed by atoms with E-state index in [2.05, 4.69) is 41.0 Å². The Labute approximate surface area is 237 Å². The van der Waals surface area contributed by atoms with Crippen molar-refractivity contribution in [1.82, 2.24) is 15.5 Å². The van der Waals surface area contributed by atoms with E-state index in [0.29, 0.717) is 19.6 Å². The largest absolute Gasteiger partial charge is 0.386 e. The van der Waals surface area contributed by atoms with Crippen molar-refractivity contribution in [2.24, 2.45) is 5.92 Å². The molecule has 1 heterocycles. The first-order valence-electron chi connectivity index (χ1n) is 14.3. The summed E-state index contributed by atoms with van der Waals surface area (Å²) in [6.07, 6.45) is 1.60. The fourth-order valence-corrected chi connectivity index (χ4v) is 5.68. The highest BCUT2D eigenvalue weighted by molar-refractivity contribution is 5.83. The third kappa shape index (κ3) is 6.23. The fraction of sp³-hybridized carbons (Fsp3) is 0.412. The predicted octanol–water partition coefficient (Wildman–Crippen LogP) is 5.87. The van der Waals surface area contributed by atoms with Gasteiger partial charge >= 0.3 is 6.03 Å². The molecule has 0 unspecified atom stereocenters. The Morgan fingerprint density at radius 2 is 1.70 bits per heavy atom. The normalized spacial score (nSPS) is 18.6. The predicted molar refractivity (Wildman–Crippen MR) is 159 cm³/mol. The molecule has 0 bridgehead atoms. The summed E-state index contributed by atoms with van der Waals surface area (Å²) < 4.78 is 0. The molecule has 3 aromatic carbocycles. The number of carbonyl (C=O) groups excluding carboxylic acids is 2. The average molecular weight is 540 g/mol. The first kappa shape index (κ1) is 27.9. The van der Waals surface area contributed by atoms with Gasteiger partial charge < -0.3 is 20.6 Å². The Morgan fingerprint density at radius 3 is 2.40 bits per heavy atom. The zero-order valence-electron chi connectivity index (χ0n) is 24.3. The van der Waals surface area contributed by atoms with Crippen molar-refractivity contribution >= 4 is 11.9 Å². The van der Waals surface area contributed by atoms with Crippen LogP contribution in [0.5, 0.6) is 0 Å². The van der Waals surface area contributed by atoms with Crippen LogP contribution in [0.4, 0.5) is 4.79 Å². The summed E-state index contributed by atoms with van der Waals surface area (Å²) in [6.45, 7) is 11.1. The highest BCUT2D eigenvalue weighted by Gasteiger charge is 2.43. The molecule has 0 saturated heterocycles. The van der Waals surface area contributed by atoms with Crippen LogP contribution in [0.25, 0.3) is 11.1 Å². The lowest BCUT2D eigenvalue weighted by molar-refractivity contribution is -0.122. The maximum Gasteiger partial charge on any atom is 0.318 e. The summed E-state index contributed by atoms with van der Waals surface area (Å²) in [5, 5.41) is 16.9. The summed E-state index contributed by atoms with van der Waals surface area (Å²) in [7, 11) is 0. The van der Waals surface area contributed by atoms with Crippen LogP contribution < -0.4 is 10.6 Å². The van der Waals surface area contributed by atoms with Crippen LogP contribution in [0.3, 0.4) is 0 Å². The molecule has 3 amide bonds. The second kappa shape index (κ2) is 10.7. The first-order valence-corrected chi connectivity index (χ1v) is 14.3. The second-order valence-electron chi connectivity index (χ2n) is 12.8. The Bertz CT molecular complexity index is 1400. The number of amides is 3. The molecule has 6 nitrogen and oxygen atoms in total. The topological polar surface area (TPSA) is 81.7 Å². The first-order chi connectivity index (χ1) is 18.9. The molecule has 0 aromatic heterocycles. The Balaban J connectivity index is 1.41. The van der Waals surface area contributed by atoms with Gasteiger partial charge in [0.1, 0.15) is 0 Å². The van der Waals surface area contributed by atoms with Gasteiger partial charge in [0.05, 0.1) is 5.60 Å². The van der Waals surface area contributed by atoms with Crippen LogP contribution >= 0.6 is 0 Å². The van der Waals surface area contributed by atoms with E-state index >= 15 is 0 Å². The molecular weight excluding hydrogens is 498 g/mol. The van der Waals surface area contributed by atoms with E-state index < -0.39 is 5.60 Å². The Morgan fingerprint density at radius 1 is 0.950 bits per heavy atom. The lowest BCUT2D eigenvalue weighted by atomic mass is 9.86. The van der Waals surface area contributed by atoms with E-state index in [-0.39, 0.29) is 29.3 Å². The van der Waals surface area contributed by atoms with Crippen LogP contribution in [0.1, 0.15) is 74.8 Å². The van der Waals surface area contributed by atoms with Gasteiger partial charge in [0.15, 0.2) is 0 Å². The molecular formula is C34H41N3O3. The highest BCUT2D eigenvalue weighted by atomic mass is 16.3. The molecule has 1 aliphatic heterocycles. The van der Waals surface area contributed by atoms with Crippen molar-refractivity contribution in [3.63, 3.8) is 0 Å². The number of hydrogen-bond donors (Lipinski definition) is 3.